The van der Waals surface area contributed by atoms with Crippen LogP contribution in [0.25, 0.3) is 22.2 Å². The van der Waals surface area contributed by atoms with Crippen LogP contribution in [0.3, 0.4) is 0 Å². The van der Waals surface area contributed by atoms with Crippen molar-refractivity contribution < 1.29 is 4.39 Å². The molecule has 3 aromatic heterocycles. The maximum atomic E-state index is 14.5. The molecule has 1 aromatic carbocycles. The molecule has 0 radical (unpaired) electrons. The standard InChI is InChI=1S/C21H17FN6O/c1-28(2)20-18(26-17-6-8-25-19-13(17)5-7-24-19)10-15(21(29)27-20)14-9-12(11-23)3-4-16(14)22/h3-10H,1-2H3,(H,27,29)(H2,24,25,26). The molecule has 0 bridgehead atoms. The lowest BCUT2D eigenvalue weighted by molar-refractivity contribution is 0.631. The molecule has 0 amide bonds. The van der Waals surface area contributed by atoms with Gasteiger partial charge in [0.15, 0.2) is 0 Å². The fraction of sp³-hybridized carbons (Fsp3) is 0.0952. The third-order valence-electron chi connectivity index (χ3n) is 4.58. The minimum atomic E-state index is -0.574. The molecule has 144 valence electrons. The van der Waals surface area contributed by atoms with E-state index in [0.717, 1.165) is 16.7 Å². The van der Waals surface area contributed by atoms with E-state index in [1.54, 1.807) is 37.5 Å². The van der Waals surface area contributed by atoms with Crippen LogP contribution in [-0.2, 0) is 0 Å². The Kier molecular flexibility index (Phi) is 4.49. The normalized spacial score (nSPS) is 10.7. The van der Waals surface area contributed by atoms with Gasteiger partial charge in [0.25, 0.3) is 5.56 Å². The van der Waals surface area contributed by atoms with Crippen molar-refractivity contribution in [3.8, 4) is 17.2 Å². The van der Waals surface area contributed by atoms with Gasteiger partial charge in [-0.05, 0) is 36.4 Å². The van der Waals surface area contributed by atoms with E-state index in [0.29, 0.717) is 11.5 Å². The predicted octanol–water partition coefficient (Wildman–Crippen LogP) is 3.74. The number of anilines is 3. The molecule has 3 N–H and O–H groups in total. The fourth-order valence-corrected chi connectivity index (χ4v) is 3.18. The van der Waals surface area contributed by atoms with Gasteiger partial charge in [-0.15, -0.1) is 0 Å². The molecular weight excluding hydrogens is 371 g/mol. The highest BCUT2D eigenvalue weighted by Crippen LogP contribution is 2.32. The number of hydrogen-bond acceptors (Lipinski definition) is 5. The van der Waals surface area contributed by atoms with Gasteiger partial charge in [-0.1, -0.05) is 0 Å². The summed E-state index contributed by atoms with van der Waals surface area (Å²) in [5.74, 6) is -0.0360. The summed E-state index contributed by atoms with van der Waals surface area (Å²) < 4.78 is 14.5. The first-order chi connectivity index (χ1) is 14.0. The topological polar surface area (TPSA) is 101 Å². The molecular formula is C21H17FN6O. The summed E-state index contributed by atoms with van der Waals surface area (Å²) in [4.78, 5) is 24.6. The molecule has 0 aliphatic heterocycles. The largest absolute Gasteiger partial charge is 0.362 e. The van der Waals surface area contributed by atoms with Gasteiger partial charge in [-0.25, -0.2) is 9.37 Å². The number of benzene rings is 1. The van der Waals surface area contributed by atoms with Gasteiger partial charge in [0, 0.05) is 37.4 Å². The van der Waals surface area contributed by atoms with E-state index in [4.69, 9.17) is 5.26 Å². The number of H-pyrrole nitrogens is 2. The fourth-order valence-electron chi connectivity index (χ4n) is 3.18. The van der Waals surface area contributed by atoms with Crippen molar-refractivity contribution in [3.63, 3.8) is 0 Å². The molecule has 0 atom stereocenters. The summed E-state index contributed by atoms with van der Waals surface area (Å²) in [5, 5.41) is 13.3. The number of rotatable bonds is 4. The van der Waals surface area contributed by atoms with Crippen LogP contribution in [0, 0.1) is 17.1 Å². The Hall–Kier alpha value is -4.12. The number of hydrogen-bond donors (Lipinski definition) is 3. The maximum Gasteiger partial charge on any atom is 0.257 e. The van der Waals surface area contributed by atoms with Crippen molar-refractivity contribution in [2.45, 2.75) is 0 Å². The van der Waals surface area contributed by atoms with Crippen LogP contribution in [0.4, 0.5) is 21.6 Å². The molecule has 0 saturated heterocycles. The zero-order valence-electron chi connectivity index (χ0n) is 15.7. The van der Waals surface area contributed by atoms with Crippen molar-refractivity contribution in [1.82, 2.24) is 15.0 Å². The summed E-state index contributed by atoms with van der Waals surface area (Å²) in [6.07, 6.45) is 3.45. The number of halogens is 1. The summed E-state index contributed by atoms with van der Waals surface area (Å²) in [7, 11) is 3.59. The Morgan fingerprint density at radius 3 is 2.72 bits per heavy atom. The van der Waals surface area contributed by atoms with Crippen LogP contribution in [0.15, 0.2) is 53.6 Å². The van der Waals surface area contributed by atoms with E-state index >= 15 is 0 Å². The summed E-state index contributed by atoms with van der Waals surface area (Å²) in [6.45, 7) is 0. The zero-order valence-corrected chi connectivity index (χ0v) is 15.7. The minimum Gasteiger partial charge on any atom is -0.362 e. The highest BCUT2D eigenvalue weighted by Gasteiger charge is 2.16. The van der Waals surface area contributed by atoms with Crippen LogP contribution in [-0.4, -0.2) is 29.0 Å². The number of aromatic amines is 2. The number of pyridine rings is 2. The van der Waals surface area contributed by atoms with Crippen LogP contribution >= 0.6 is 0 Å². The summed E-state index contributed by atoms with van der Waals surface area (Å²) >= 11 is 0. The van der Waals surface area contributed by atoms with Crippen molar-refractivity contribution in [2.24, 2.45) is 0 Å². The second kappa shape index (κ2) is 7.13. The van der Waals surface area contributed by atoms with Gasteiger partial charge in [-0.2, -0.15) is 5.26 Å². The van der Waals surface area contributed by atoms with Crippen molar-refractivity contribution in [1.29, 1.82) is 5.26 Å². The van der Waals surface area contributed by atoms with Gasteiger partial charge in [0.1, 0.15) is 17.3 Å². The quantitative estimate of drug-likeness (QED) is 0.494. The van der Waals surface area contributed by atoms with Crippen LogP contribution in [0.5, 0.6) is 0 Å². The molecule has 0 aliphatic carbocycles. The number of aromatic nitrogens is 3. The first-order valence-corrected chi connectivity index (χ1v) is 8.81. The van der Waals surface area contributed by atoms with E-state index in [2.05, 4.69) is 20.3 Å². The van der Waals surface area contributed by atoms with E-state index < -0.39 is 11.4 Å². The number of nitriles is 1. The molecule has 0 unspecified atom stereocenters. The van der Waals surface area contributed by atoms with Gasteiger partial charge in [0.2, 0.25) is 0 Å². The van der Waals surface area contributed by atoms with E-state index in [9.17, 15) is 9.18 Å². The molecule has 0 fully saturated rings. The predicted molar refractivity (Wildman–Crippen MR) is 111 cm³/mol. The SMILES string of the molecule is CN(C)c1[nH]c(=O)c(-c2cc(C#N)ccc2F)cc1Nc1ccnc2[nH]ccc12. The second-order valence-electron chi connectivity index (χ2n) is 6.70. The first-order valence-electron chi connectivity index (χ1n) is 8.81. The van der Waals surface area contributed by atoms with Crippen molar-refractivity contribution in [3.05, 3.63) is 70.5 Å². The Balaban J connectivity index is 1.90. The van der Waals surface area contributed by atoms with Gasteiger partial charge in [0.05, 0.1) is 28.6 Å². The van der Waals surface area contributed by atoms with Crippen molar-refractivity contribution in [2.75, 3.05) is 24.3 Å². The van der Waals surface area contributed by atoms with Gasteiger partial charge >= 0.3 is 0 Å². The lowest BCUT2D eigenvalue weighted by atomic mass is 10.0. The van der Waals surface area contributed by atoms with E-state index in [-0.39, 0.29) is 16.7 Å². The summed E-state index contributed by atoms with van der Waals surface area (Å²) in [6, 6.07) is 11.2. The van der Waals surface area contributed by atoms with Crippen LogP contribution in [0.2, 0.25) is 0 Å². The summed E-state index contributed by atoms with van der Waals surface area (Å²) in [5.41, 5.74) is 2.11. The minimum absolute atomic E-state index is 0.0696. The average Bonchev–Trinajstić information content (AvgIpc) is 3.19. The lowest BCUT2D eigenvalue weighted by Crippen LogP contribution is -2.20. The third kappa shape index (κ3) is 3.30. The Labute approximate surface area is 165 Å². The molecule has 8 heteroatoms. The third-order valence-corrected chi connectivity index (χ3v) is 4.58. The number of fused-ring (bicyclic) bond motifs is 1. The monoisotopic (exact) mass is 388 g/mol. The Morgan fingerprint density at radius 2 is 1.97 bits per heavy atom. The maximum absolute atomic E-state index is 14.5. The Morgan fingerprint density at radius 1 is 1.14 bits per heavy atom. The lowest BCUT2D eigenvalue weighted by Gasteiger charge is -2.19. The number of nitrogens with zero attached hydrogens (tertiary/aromatic N) is 3. The smallest absolute Gasteiger partial charge is 0.257 e. The Bertz CT molecular complexity index is 1310. The van der Waals surface area contributed by atoms with E-state index in [1.165, 1.54) is 18.2 Å². The van der Waals surface area contributed by atoms with Crippen LogP contribution < -0.4 is 15.8 Å². The average molecular weight is 388 g/mol. The zero-order chi connectivity index (χ0) is 20.5. The molecule has 0 aliphatic rings. The molecule has 4 rings (SSSR count). The van der Waals surface area contributed by atoms with Gasteiger partial charge in [-0.3, -0.25) is 4.79 Å². The van der Waals surface area contributed by atoms with E-state index in [1.807, 2.05) is 18.2 Å². The molecule has 29 heavy (non-hydrogen) atoms. The van der Waals surface area contributed by atoms with Gasteiger partial charge < -0.3 is 20.2 Å². The molecule has 0 saturated carbocycles. The molecule has 0 spiro atoms. The number of nitrogens with one attached hydrogen (secondary N) is 3. The van der Waals surface area contributed by atoms with Crippen molar-refractivity contribution >= 4 is 28.2 Å². The highest BCUT2D eigenvalue weighted by molar-refractivity contribution is 5.93. The molecule has 4 aromatic rings. The second-order valence-corrected chi connectivity index (χ2v) is 6.70. The molecule has 3 heterocycles. The van der Waals surface area contributed by atoms with Crippen LogP contribution in [0.1, 0.15) is 5.56 Å². The highest BCUT2D eigenvalue weighted by atomic mass is 19.1. The molecule has 7 nitrogen and oxygen atoms in total. The first kappa shape index (κ1) is 18.3.